The summed E-state index contributed by atoms with van der Waals surface area (Å²) in [6, 6.07) is 15.6. The average molecular weight is 530 g/mol. The Morgan fingerprint density at radius 3 is 2.33 bits per heavy atom. The molecule has 3 aromatic rings. The summed E-state index contributed by atoms with van der Waals surface area (Å²) in [5.74, 6) is -0.573. The fourth-order valence-corrected chi connectivity index (χ4v) is 3.37. The number of methoxy groups -OCH3 is 2. The van der Waals surface area contributed by atoms with Crippen LogP contribution in [0.15, 0.2) is 65.8 Å². The van der Waals surface area contributed by atoms with Crippen LogP contribution >= 0.6 is 23.2 Å². The van der Waals surface area contributed by atoms with Crippen molar-refractivity contribution < 1.29 is 28.6 Å². The van der Waals surface area contributed by atoms with Gasteiger partial charge < -0.3 is 19.5 Å². The number of benzene rings is 3. The number of carbonyl (C=O) groups excluding carboxylic acids is 3. The summed E-state index contributed by atoms with van der Waals surface area (Å²) in [6.07, 6.45) is 1.37. The highest BCUT2D eigenvalue weighted by atomic mass is 35.5. The van der Waals surface area contributed by atoms with Gasteiger partial charge in [0.1, 0.15) is 5.75 Å². The number of ether oxygens (including phenoxy) is 3. The third-order valence-electron chi connectivity index (χ3n) is 4.71. The van der Waals surface area contributed by atoms with E-state index in [0.29, 0.717) is 21.9 Å². The summed E-state index contributed by atoms with van der Waals surface area (Å²) in [5, 5.41) is 6.91. The van der Waals surface area contributed by atoms with Gasteiger partial charge in [0.2, 0.25) is 0 Å². The highest BCUT2D eigenvalue weighted by molar-refractivity contribution is 6.36. The molecule has 2 N–H and O–H groups in total. The van der Waals surface area contributed by atoms with Gasteiger partial charge >= 0.3 is 5.97 Å². The van der Waals surface area contributed by atoms with Crippen molar-refractivity contribution in [2.75, 3.05) is 20.8 Å². The Hall–Kier alpha value is -4.08. The Bertz CT molecular complexity index is 1300. The van der Waals surface area contributed by atoms with Gasteiger partial charge in [-0.1, -0.05) is 23.2 Å². The zero-order chi connectivity index (χ0) is 26.1. The van der Waals surface area contributed by atoms with Crippen molar-refractivity contribution in [3.8, 4) is 17.2 Å². The lowest BCUT2D eigenvalue weighted by molar-refractivity contribution is -0.120. The number of amides is 2. The van der Waals surface area contributed by atoms with Crippen molar-refractivity contribution in [2.45, 2.75) is 0 Å². The van der Waals surface area contributed by atoms with Gasteiger partial charge in [0.05, 0.1) is 37.6 Å². The van der Waals surface area contributed by atoms with Crippen LogP contribution in [0.4, 0.5) is 0 Å². The van der Waals surface area contributed by atoms with E-state index in [1.807, 2.05) is 0 Å². The molecule has 0 fully saturated rings. The minimum absolute atomic E-state index is 0.149. The summed E-state index contributed by atoms with van der Waals surface area (Å²) in [5.41, 5.74) is 3.41. The lowest BCUT2D eigenvalue weighted by Gasteiger charge is -2.10. The molecule has 0 radical (unpaired) electrons. The summed E-state index contributed by atoms with van der Waals surface area (Å²) in [6.45, 7) is -0.270. The molecular weight excluding hydrogens is 509 g/mol. The molecule has 0 aliphatic heterocycles. The molecule has 0 atom stereocenters. The molecule has 0 saturated carbocycles. The second kappa shape index (κ2) is 12.6. The van der Waals surface area contributed by atoms with Crippen LogP contribution in [0.5, 0.6) is 17.2 Å². The highest BCUT2D eigenvalue weighted by Crippen LogP contribution is 2.30. The van der Waals surface area contributed by atoms with Crippen LogP contribution in [-0.2, 0) is 4.79 Å². The molecule has 186 valence electrons. The first-order valence-corrected chi connectivity index (χ1v) is 11.2. The molecule has 0 bridgehead atoms. The minimum atomic E-state index is -0.680. The SMILES string of the molecule is COc1ccc(C(=O)NCC(=O)N/N=C/c2ccc(OC(=O)c3ccc(Cl)cc3Cl)c(OC)c2)cc1. The highest BCUT2D eigenvalue weighted by Gasteiger charge is 2.16. The van der Waals surface area contributed by atoms with Gasteiger partial charge in [-0.2, -0.15) is 5.10 Å². The standard InChI is InChI=1S/C25H21Cl2N3O6/c1-34-18-7-4-16(5-8-18)24(32)28-14-23(31)30-29-13-15-3-10-21(22(11-15)35-2)36-25(33)19-9-6-17(26)12-20(19)27/h3-13H,14H2,1-2H3,(H,28,32)(H,30,31)/b29-13+. The smallest absolute Gasteiger partial charge is 0.345 e. The fourth-order valence-electron chi connectivity index (χ4n) is 2.88. The first-order chi connectivity index (χ1) is 17.3. The Morgan fingerprint density at radius 1 is 0.917 bits per heavy atom. The zero-order valence-electron chi connectivity index (χ0n) is 19.2. The molecule has 0 heterocycles. The summed E-state index contributed by atoms with van der Waals surface area (Å²) in [7, 11) is 2.94. The van der Waals surface area contributed by atoms with Crippen molar-refractivity contribution in [1.29, 1.82) is 0 Å². The van der Waals surface area contributed by atoms with E-state index in [2.05, 4.69) is 15.8 Å². The van der Waals surface area contributed by atoms with Crippen molar-refractivity contribution in [1.82, 2.24) is 10.7 Å². The Morgan fingerprint density at radius 2 is 1.67 bits per heavy atom. The fraction of sp³-hybridized carbons (Fsp3) is 0.120. The maximum Gasteiger partial charge on any atom is 0.345 e. The number of carbonyl (C=O) groups is 3. The van der Waals surface area contributed by atoms with E-state index in [9.17, 15) is 14.4 Å². The molecule has 0 aromatic heterocycles. The predicted octanol–water partition coefficient (Wildman–Crippen LogP) is 4.11. The third-order valence-corrected chi connectivity index (χ3v) is 5.25. The molecule has 11 heteroatoms. The first-order valence-electron chi connectivity index (χ1n) is 10.4. The number of esters is 1. The molecule has 3 aromatic carbocycles. The normalized spacial score (nSPS) is 10.6. The Kier molecular flexibility index (Phi) is 9.26. The molecular formula is C25H21Cl2N3O6. The van der Waals surface area contributed by atoms with Crippen molar-refractivity contribution in [3.63, 3.8) is 0 Å². The molecule has 0 aliphatic carbocycles. The number of hydrogen-bond acceptors (Lipinski definition) is 7. The summed E-state index contributed by atoms with van der Waals surface area (Å²) in [4.78, 5) is 36.6. The van der Waals surface area contributed by atoms with Crippen LogP contribution in [0.25, 0.3) is 0 Å². The van der Waals surface area contributed by atoms with Gasteiger partial charge in [0.25, 0.3) is 11.8 Å². The molecule has 0 unspecified atom stereocenters. The Balaban J connectivity index is 1.54. The van der Waals surface area contributed by atoms with Crippen LogP contribution in [-0.4, -0.2) is 44.8 Å². The largest absolute Gasteiger partial charge is 0.497 e. The maximum absolute atomic E-state index is 12.5. The van der Waals surface area contributed by atoms with Gasteiger partial charge in [0, 0.05) is 10.6 Å². The lowest BCUT2D eigenvalue weighted by atomic mass is 10.2. The number of hydrazone groups is 1. The van der Waals surface area contributed by atoms with Crippen LogP contribution in [0.2, 0.25) is 10.0 Å². The van der Waals surface area contributed by atoms with Crippen LogP contribution in [0, 0.1) is 0 Å². The van der Waals surface area contributed by atoms with E-state index in [4.69, 9.17) is 37.4 Å². The Labute approximate surface area is 216 Å². The van der Waals surface area contributed by atoms with Gasteiger partial charge in [-0.3, -0.25) is 9.59 Å². The quantitative estimate of drug-likeness (QED) is 0.186. The monoisotopic (exact) mass is 529 g/mol. The first kappa shape index (κ1) is 26.5. The van der Waals surface area contributed by atoms with E-state index in [0.717, 1.165) is 0 Å². The van der Waals surface area contributed by atoms with Gasteiger partial charge in [0.15, 0.2) is 11.5 Å². The van der Waals surface area contributed by atoms with Crippen molar-refractivity contribution >= 4 is 47.2 Å². The number of halogens is 2. The molecule has 9 nitrogen and oxygen atoms in total. The van der Waals surface area contributed by atoms with E-state index < -0.39 is 17.8 Å². The van der Waals surface area contributed by atoms with Crippen LogP contribution in [0.1, 0.15) is 26.3 Å². The number of hydrogen-bond donors (Lipinski definition) is 2. The maximum atomic E-state index is 12.5. The minimum Gasteiger partial charge on any atom is -0.497 e. The third kappa shape index (κ3) is 7.21. The van der Waals surface area contributed by atoms with Crippen molar-refractivity contribution in [3.05, 3.63) is 87.4 Å². The number of rotatable bonds is 9. The van der Waals surface area contributed by atoms with Gasteiger partial charge in [-0.25, -0.2) is 10.2 Å². The van der Waals surface area contributed by atoms with E-state index >= 15 is 0 Å². The molecule has 3 rings (SSSR count). The second-order valence-electron chi connectivity index (χ2n) is 7.13. The van der Waals surface area contributed by atoms with E-state index in [1.165, 1.54) is 44.7 Å². The number of nitrogens with zero attached hydrogens (tertiary/aromatic N) is 1. The zero-order valence-corrected chi connectivity index (χ0v) is 20.7. The molecule has 0 saturated heterocycles. The predicted molar refractivity (Wildman–Crippen MR) is 135 cm³/mol. The van der Waals surface area contributed by atoms with Gasteiger partial charge in [-0.05, 0) is 66.2 Å². The van der Waals surface area contributed by atoms with Gasteiger partial charge in [-0.15, -0.1) is 0 Å². The van der Waals surface area contributed by atoms with Crippen molar-refractivity contribution in [2.24, 2.45) is 5.10 Å². The molecule has 0 spiro atoms. The summed E-state index contributed by atoms with van der Waals surface area (Å²) >= 11 is 11.9. The van der Waals surface area contributed by atoms with Crippen LogP contribution in [0.3, 0.4) is 0 Å². The lowest BCUT2D eigenvalue weighted by Crippen LogP contribution is -2.34. The summed E-state index contributed by atoms with van der Waals surface area (Å²) < 4.78 is 15.7. The average Bonchev–Trinajstić information content (AvgIpc) is 2.88. The molecule has 0 aliphatic rings. The molecule has 36 heavy (non-hydrogen) atoms. The van der Waals surface area contributed by atoms with Crippen LogP contribution < -0.4 is 25.0 Å². The topological polar surface area (TPSA) is 115 Å². The second-order valence-corrected chi connectivity index (χ2v) is 7.97. The number of nitrogens with one attached hydrogen (secondary N) is 2. The van der Waals surface area contributed by atoms with E-state index in [-0.39, 0.29) is 28.6 Å². The van der Waals surface area contributed by atoms with E-state index in [1.54, 1.807) is 36.4 Å². The molecule has 2 amide bonds.